The second-order valence-corrected chi connectivity index (χ2v) is 11.6. The van der Waals surface area contributed by atoms with Crippen LogP contribution in [0.5, 0.6) is 5.75 Å². The molecule has 9 nitrogen and oxygen atoms in total. The Morgan fingerprint density at radius 3 is 2.50 bits per heavy atom. The van der Waals surface area contributed by atoms with Crippen LogP contribution in [0.4, 0.5) is 13.2 Å². The molecule has 3 amide bonds. The van der Waals surface area contributed by atoms with Crippen molar-refractivity contribution >= 4 is 17.7 Å². The molecule has 0 aliphatic carbocycles. The van der Waals surface area contributed by atoms with Gasteiger partial charge in [-0.25, -0.2) is 0 Å². The summed E-state index contributed by atoms with van der Waals surface area (Å²) in [5, 5.41) is 11.6. The van der Waals surface area contributed by atoms with E-state index in [1.807, 2.05) is 25.1 Å². The van der Waals surface area contributed by atoms with E-state index in [-0.39, 0.29) is 50.7 Å². The third kappa shape index (κ3) is 7.69. The Labute approximate surface area is 255 Å². The minimum Gasteiger partial charge on any atom is -0.493 e. The van der Waals surface area contributed by atoms with Gasteiger partial charge in [-0.3, -0.25) is 19.4 Å². The van der Waals surface area contributed by atoms with Gasteiger partial charge in [0.25, 0.3) is 5.91 Å². The fraction of sp³-hybridized carbons (Fsp3) is 0.562. The Hall–Kier alpha value is -3.67. The van der Waals surface area contributed by atoms with Crippen LogP contribution < -0.4 is 10.5 Å². The predicted octanol–water partition coefficient (Wildman–Crippen LogP) is 4.67. The fourth-order valence-electron chi connectivity index (χ4n) is 6.35. The molecule has 2 fully saturated rings. The molecule has 2 aliphatic heterocycles. The highest BCUT2D eigenvalue weighted by Crippen LogP contribution is 2.40. The zero-order chi connectivity index (χ0) is 31.9. The Bertz CT molecular complexity index is 1310. The van der Waals surface area contributed by atoms with Crippen molar-refractivity contribution in [3.8, 4) is 5.75 Å². The van der Waals surface area contributed by atoms with Crippen LogP contribution in [0.15, 0.2) is 42.6 Å². The lowest BCUT2D eigenvalue weighted by atomic mass is 9.81. The van der Waals surface area contributed by atoms with Gasteiger partial charge < -0.3 is 25.4 Å². The predicted molar refractivity (Wildman–Crippen MR) is 156 cm³/mol. The van der Waals surface area contributed by atoms with E-state index >= 15 is 0 Å². The molecule has 44 heavy (non-hydrogen) atoms. The number of primary amides is 1. The number of rotatable bonds is 11. The molecule has 1 aromatic heterocycles. The maximum absolute atomic E-state index is 13.9. The topological polar surface area (TPSA) is 126 Å². The molecule has 0 bridgehead atoms. The number of nitrogens with zero attached hydrogens (tertiary/aromatic N) is 3. The van der Waals surface area contributed by atoms with E-state index in [0.717, 1.165) is 12.1 Å². The number of aliphatic hydroxyl groups is 1. The zero-order valence-corrected chi connectivity index (χ0v) is 25.0. The lowest BCUT2D eigenvalue weighted by molar-refractivity contribution is -0.144. The van der Waals surface area contributed by atoms with Crippen LogP contribution in [0.2, 0.25) is 0 Å². The van der Waals surface area contributed by atoms with Gasteiger partial charge in [-0.05, 0) is 63.1 Å². The van der Waals surface area contributed by atoms with Crippen molar-refractivity contribution < 1.29 is 37.4 Å². The molecule has 0 unspecified atom stereocenters. The van der Waals surface area contributed by atoms with Crippen molar-refractivity contribution in [2.24, 2.45) is 11.7 Å². The third-order valence-electron chi connectivity index (χ3n) is 8.62. The Morgan fingerprint density at radius 1 is 1.09 bits per heavy atom. The van der Waals surface area contributed by atoms with Crippen molar-refractivity contribution in [1.29, 1.82) is 0 Å². The number of hydrogen-bond acceptors (Lipinski definition) is 6. The maximum Gasteiger partial charge on any atom is 0.418 e. The zero-order valence-electron chi connectivity index (χ0n) is 25.0. The molecule has 0 spiro atoms. The van der Waals surface area contributed by atoms with Crippen LogP contribution in [0.1, 0.15) is 86.3 Å². The summed E-state index contributed by atoms with van der Waals surface area (Å²) >= 11 is 0. The quantitative estimate of drug-likeness (QED) is 0.353. The second-order valence-electron chi connectivity index (χ2n) is 11.6. The van der Waals surface area contributed by atoms with Gasteiger partial charge in [0.2, 0.25) is 11.8 Å². The van der Waals surface area contributed by atoms with Crippen molar-refractivity contribution in [3.05, 3.63) is 59.4 Å². The number of benzene rings is 1. The number of carbonyl (C=O) groups is 3. The first-order valence-corrected chi connectivity index (χ1v) is 15.3. The fourth-order valence-corrected chi connectivity index (χ4v) is 6.35. The molecule has 2 atom stereocenters. The molecule has 12 heteroatoms. The molecular weight excluding hydrogens is 577 g/mol. The van der Waals surface area contributed by atoms with Crippen LogP contribution in [0.25, 0.3) is 0 Å². The lowest BCUT2D eigenvalue weighted by Crippen LogP contribution is -2.55. The van der Waals surface area contributed by atoms with E-state index in [1.165, 1.54) is 11.1 Å². The van der Waals surface area contributed by atoms with Crippen molar-refractivity contribution in [2.75, 3.05) is 26.2 Å². The van der Waals surface area contributed by atoms with E-state index in [2.05, 4.69) is 4.98 Å². The van der Waals surface area contributed by atoms with E-state index in [4.69, 9.17) is 10.5 Å². The maximum atomic E-state index is 13.9. The minimum absolute atomic E-state index is 0.154. The Morgan fingerprint density at radius 2 is 1.82 bits per heavy atom. The van der Waals surface area contributed by atoms with Crippen LogP contribution in [-0.2, 0) is 21.4 Å². The van der Waals surface area contributed by atoms with Gasteiger partial charge in [0.05, 0.1) is 23.7 Å². The number of nitrogens with two attached hydrogens (primary N) is 1. The average molecular weight is 619 g/mol. The van der Waals surface area contributed by atoms with Gasteiger partial charge in [-0.2, -0.15) is 13.2 Å². The third-order valence-corrected chi connectivity index (χ3v) is 8.62. The Balaban J connectivity index is 1.45. The van der Waals surface area contributed by atoms with E-state index in [0.29, 0.717) is 56.4 Å². The normalized spacial score (nSPS) is 20.3. The number of ether oxygens (including phenoxy) is 1. The first-order chi connectivity index (χ1) is 21.0. The molecule has 4 rings (SSSR count). The highest BCUT2D eigenvalue weighted by atomic mass is 19.4. The standard InChI is InChI=1S/C32H41F3N4O5/c1-2-9-25-22(10-8-18-39(25)30(42)28-24(32(33,34)35)12-7-17-37-28)29(41)38-19-15-31(43,16-20-38)23-11-3-4-13-26(23)44-21-6-5-14-27(36)40/h3-4,7,11-13,17,22,25,43H,2,5-6,8-10,14-16,18-21H2,1H3,(H2,36,40)/t22-,25-/m1/s1. The summed E-state index contributed by atoms with van der Waals surface area (Å²) in [5.74, 6) is -1.34. The first kappa shape index (κ1) is 33.2. The van der Waals surface area contributed by atoms with Crippen molar-refractivity contribution in [1.82, 2.24) is 14.8 Å². The summed E-state index contributed by atoms with van der Waals surface area (Å²) in [4.78, 5) is 45.3. The monoisotopic (exact) mass is 618 g/mol. The summed E-state index contributed by atoms with van der Waals surface area (Å²) < 4.78 is 47.0. The van der Waals surface area contributed by atoms with Crippen LogP contribution >= 0.6 is 0 Å². The smallest absolute Gasteiger partial charge is 0.418 e. The Kier molecular flexibility index (Phi) is 10.9. The molecule has 0 saturated carbocycles. The number of aromatic nitrogens is 1. The van der Waals surface area contributed by atoms with Gasteiger partial charge >= 0.3 is 6.18 Å². The number of carbonyl (C=O) groups excluding carboxylic acids is 3. The second kappa shape index (κ2) is 14.4. The number of amides is 3. The number of hydrogen-bond donors (Lipinski definition) is 2. The number of unbranched alkanes of at least 4 members (excludes halogenated alkanes) is 1. The SMILES string of the molecule is CCC[C@@H]1[C@H](C(=O)N2CCC(O)(c3ccccc3OCCCCC(N)=O)CC2)CCCN1C(=O)c1ncccc1C(F)(F)F. The molecule has 240 valence electrons. The van der Waals surface area contributed by atoms with Crippen molar-refractivity contribution in [3.63, 3.8) is 0 Å². The summed E-state index contributed by atoms with van der Waals surface area (Å²) in [6, 6.07) is 8.68. The molecule has 1 aromatic carbocycles. The number of alkyl halides is 3. The molecule has 2 aliphatic rings. The molecule has 2 aromatic rings. The van der Waals surface area contributed by atoms with Crippen LogP contribution in [0.3, 0.4) is 0 Å². The van der Waals surface area contributed by atoms with E-state index in [1.54, 1.807) is 11.0 Å². The largest absolute Gasteiger partial charge is 0.493 e. The number of likely N-dealkylation sites (tertiary alicyclic amines) is 2. The number of para-hydroxylation sites is 1. The van der Waals surface area contributed by atoms with Crippen LogP contribution in [0, 0.1) is 5.92 Å². The molecule has 0 radical (unpaired) electrons. The van der Waals surface area contributed by atoms with Gasteiger partial charge in [0.15, 0.2) is 0 Å². The average Bonchev–Trinajstić information content (AvgIpc) is 3.00. The molecule has 3 N–H and O–H groups in total. The number of pyridine rings is 1. The summed E-state index contributed by atoms with van der Waals surface area (Å²) in [6.45, 7) is 3.09. The summed E-state index contributed by atoms with van der Waals surface area (Å²) in [6.07, 6.45) is 0.632. The number of halogens is 3. The van der Waals surface area contributed by atoms with Crippen LogP contribution in [-0.4, -0.2) is 69.9 Å². The minimum atomic E-state index is -4.73. The summed E-state index contributed by atoms with van der Waals surface area (Å²) in [7, 11) is 0. The van der Waals surface area contributed by atoms with E-state index in [9.17, 15) is 32.7 Å². The first-order valence-electron chi connectivity index (χ1n) is 15.3. The van der Waals surface area contributed by atoms with Gasteiger partial charge in [-0.1, -0.05) is 31.5 Å². The van der Waals surface area contributed by atoms with Gasteiger partial charge in [0.1, 0.15) is 11.4 Å². The van der Waals surface area contributed by atoms with Crippen molar-refractivity contribution in [2.45, 2.75) is 82.5 Å². The van der Waals surface area contributed by atoms with E-state index < -0.39 is 40.9 Å². The summed E-state index contributed by atoms with van der Waals surface area (Å²) in [5.41, 5.74) is 2.88. The van der Waals surface area contributed by atoms with Gasteiger partial charge in [-0.15, -0.1) is 0 Å². The highest BCUT2D eigenvalue weighted by molar-refractivity contribution is 5.95. The lowest BCUT2D eigenvalue weighted by Gasteiger charge is -2.45. The molecule has 2 saturated heterocycles. The number of piperidine rings is 2. The molecular formula is C32H41F3N4O5. The molecule has 3 heterocycles. The van der Waals surface area contributed by atoms with Gasteiger partial charge in [0, 0.05) is 43.9 Å². The highest BCUT2D eigenvalue weighted by Gasteiger charge is 2.45.